The molecule has 0 unspecified atom stereocenters. The van der Waals surface area contributed by atoms with Crippen molar-refractivity contribution in [1.29, 1.82) is 0 Å². The van der Waals surface area contributed by atoms with Crippen molar-refractivity contribution in [2.45, 2.75) is 19.3 Å². The molecular weight excluding hydrogens is 355 g/mol. The maximum absolute atomic E-state index is 13.0. The van der Waals surface area contributed by atoms with E-state index < -0.39 is 0 Å². The monoisotopic (exact) mass is 380 g/mol. The highest BCUT2D eigenvalue weighted by molar-refractivity contribution is 5.79. The second kappa shape index (κ2) is 10.3. The van der Waals surface area contributed by atoms with Gasteiger partial charge in [0.1, 0.15) is 12.1 Å². The molecule has 2 aromatic carbocycles. The Hall–Kier alpha value is -3.15. The topological polar surface area (TPSA) is 62.5 Å². The van der Waals surface area contributed by atoms with Gasteiger partial charge in [-0.15, -0.1) is 0 Å². The minimum atomic E-state index is -0.276. The van der Waals surface area contributed by atoms with Gasteiger partial charge in [-0.3, -0.25) is 4.99 Å². The molecule has 0 fully saturated rings. The predicted molar refractivity (Wildman–Crippen MR) is 110 cm³/mol. The summed E-state index contributed by atoms with van der Waals surface area (Å²) in [5.41, 5.74) is 2.94. The van der Waals surface area contributed by atoms with Crippen molar-refractivity contribution < 1.29 is 8.81 Å². The number of oxazole rings is 1. The number of aliphatic imine (C=N–C) groups is 1. The second-order valence-corrected chi connectivity index (χ2v) is 6.42. The molecule has 0 amide bonds. The van der Waals surface area contributed by atoms with Gasteiger partial charge in [-0.05, 0) is 42.7 Å². The normalized spacial score (nSPS) is 11.4. The zero-order chi connectivity index (χ0) is 19.6. The summed E-state index contributed by atoms with van der Waals surface area (Å²) in [6.45, 7) is 1.54. The zero-order valence-electron chi connectivity index (χ0n) is 16.0. The maximum Gasteiger partial charge on any atom is 0.226 e. The van der Waals surface area contributed by atoms with E-state index in [1.807, 2.05) is 6.07 Å². The number of rotatable bonds is 8. The van der Waals surface area contributed by atoms with Crippen LogP contribution in [-0.4, -0.2) is 31.1 Å². The van der Waals surface area contributed by atoms with Crippen LogP contribution in [0.2, 0.25) is 0 Å². The summed E-state index contributed by atoms with van der Waals surface area (Å²) in [6.07, 6.45) is 4.41. The molecule has 1 heterocycles. The van der Waals surface area contributed by atoms with Crippen LogP contribution in [0.5, 0.6) is 0 Å². The molecule has 0 aliphatic carbocycles. The average Bonchev–Trinajstić information content (AvgIpc) is 3.20. The molecule has 146 valence electrons. The molecule has 6 heteroatoms. The molecule has 3 aromatic rings. The molecule has 1 aromatic heterocycles. The van der Waals surface area contributed by atoms with E-state index in [-0.39, 0.29) is 5.82 Å². The Morgan fingerprint density at radius 1 is 1.00 bits per heavy atom. The van der Waals surface area contributed by atoms with Crippen molar-refractivity contribution in [3.05, 3.63) is 77.9 Å². The number of aryl methyl sites for hydroxylation is 1. The summed E-state index contributed by atoms with van der Waals surface area (Å²) >= 11 is 0. The lowest BCUT2D eigenvalue weighted by Crippen LogP contribution is -2.38. The molecular formula is C22H25FN4O. The van der Waals surface area contributed by atoms with Crippen molar-refractivity contribution in [1.82, 2.24) is 15.6 Å². The molecule has 0 atom stereocenters. The SMILES string of the molecule is CN=C(NCCCc1ccccc1)NCCc1coc(-c2ccc(F)cc2)n1. The minimum absolute atomic E-state index is 0.276. The highest BCUT2D eigenvalue weighted by Gasteiger charge is 2.07. The number of halogens is 1. The number of aromatic nitrogens is 1. The third-order valence-electron chi connectivity index (χ3n) is 4.32. The second-order valence-electron chi connectivity index (χ2n) is 6.42. The van der Waals surface area contributed by atoms with Crippen LogP contribution in [-0.2, 0) is 12.8 Å². The van der Waals surface area contributed by atoms with Gasteiger partial charge in [-0.1, -0.05) is 30.3 Å². The number of hydrogen-bond acceptors (Lipinski definition) is 3. The van der Waals surface area contributed by atoms with E-state index >= 15 is 0 Å². The highest BCUT2D eigenvalue weighted by atomic mass is 19.1. The lowest BCUT2D eigenvalue weighted by Gasteiger charge is -2.11. The first-order chi connectivity index (χ1) is 13.7. The summed E-state index contributed by atoms with van der Waals surface area (Å²) in [5, 5.41) is 6.60. The summed E-state index contributed by atoms with van der Waals surface area (Å²) in [7, 11) is 1.76. The lowest BCUT2D eigenvalue weighted by molar-refractivity contribution is 0.571. The first kappa shape index (κ1) is 19.6. The Morgan fingerprint density at radius 3 is 2.50 bits per heavy atom. The summed E-state index contributed by atoms with van der Waals surface area (Å²) < 4.78 is 18.5. The van der Waals surface area contributed by atoms with Crippen LogP contribution < -0.4 is 10.6 Å². The Kier molecular flexibility index (Phi) is 7.18. The van der Waals surface area contributed by atoms with E-state index in [4.69, 9.17) is 4.42 Å². The summed E-state index contributed by atoms with van der Waals surface area (Å²) in [6, 6.07) is 16.6. The van der Waals surface area contributed by atoms with E-state index in [2.05, 4.69) is 44.9 Å². The van der Waals surface area contributed by atoms with Gasteiger partial charge in [0.25, 0.3) is 0 Å². The van der Waals surface area contributed by atoms with Crippen LogP contribution >= 0.6 is 0 Å². The van der Waals surface area contributed by atoms with Crippen LogP contribution in [0.4, 0.5) is 4.39 Å². The van der Waals surface area contributed by atoms with Gasteiger partial charge in [0, 0.05) is 32.1 Å². The average molecular weight is 380 g/mol. The Balaban J connectivity index is 1.38. The number of nitrogens with zero attached hydrogens (tertiary/aromatic N) is 2. The van der Waals surface area contributed by atoms with E-state index in [1.165, 1.54) is 17.7 Å². The first-order valence-electron chi connectivity index (χ1n) is 9.43. The maximum atomic E-state index is 13.0. The number of hydrogen-bond donors (Lipinski definition) is 2. The largest absolute Gasteiger partial charge is 0.444 e. The predicted octanol–water partition coefficient (Wildman–Crippen LogP) is 3.82. The Bertz CT molecular complexity index is 875. The van der Waals surface area contributed by atoms with E-state index in [9.17, 15) is 4.39 Å². The molecule has 0 spiro atoms. The molecule has 5 nitrogen and oxygen atoms in total. The van der Waals surface area contributed by atoms with Crippen molar-refractivity contribution in [3.8, 4) is 11.5 Å². The molecule has 0 aliphatic rings. The fourth-order valence-corrected chi connectivity index (χ4v) is 2.82. The van der Waals surface area contributed by atoms with Crippen LogP contribution in [0, 0.1) is 5.82 Å². The third kappa shape index (κ3) is 5.94. The number of nitrogens with one attached hydrogen (secondary N) is 2. The van der Waals surface area contributed by atoms with Gasteiger partial charge >= 0.3 is 0 Å². The van der Waals surface area contributed by atoms with Gasteiger partial charge in [0.05, 0.1) is 5.69 Å². The molecule has 3 rings (SSSR count). The minimum Gasteiger partial charge on any atom is -0.444 e. The molecule has 28 heavy (non-hydrogen) atoms. The quantitative estimate of drug-likeness (QED) is 0.354. The fourth-order valence-electron chi connectivity index (χ4n) is 2.82. The van der Waals surface area contributed by atoms with Crippen LogP contribution in [0.15, 0.2) is 70.3 Å². The first-order valence-corrected chi connectivity index (χ1v) is 9.43. The van der Waals surface area contributed by atoms with Gasteiger partial charge in [0.15, 0.2) is 5.96 Å². The van der Waals surface area contributed by atoms with Crippen LogP contribution in [0.3, 0.4) is 0 Å². The van der Waals surface area contributed by atoms with E-state index in [1.54, 1.807) is 25.4 Å². The van der Waals surface area contributed by atoms with E-state index in [0.717, 1.165) is 36.6 Å². The van der Waals surface area contributed by atoms with Crippen LogP contribution in [0.1, 0.15) is 17.7 Å². The molecule has 0 saturated carbocycles. The van der Waals surface area contributed by atoms with Crippen LogP contribution in [0.25, 0.3) is 11.5 Å². The fraction of sp³-hybridized carbons (Fsp3) is 0.273. The number of guanidine groups is 1. The van der Waals surface area contributed by atoms with Crippen molar-refractivity contribution in [2.75, 3.05) is 20.1 Å². The Morgan fingerprint density at radius 2 is 1.75 bits per heavy atom. The molecule has 0 aliphatic heterocycles. The van der Waals surface area contributed by atoms with Gasteiger partial charge in [-0.2, -0.15) is 0 Å². The Labute approximate surface area is 164 Å². The van der Waals surface area contributed by atoms with Crippen molar-refractivity contribution >= 4 is 5.96 Å². The summed E-state index contributed by atoms with van der Waals surface area (Å²) in [4.78, 5) is 8.69. The lowest BCUT2D eigenvalue weighted by atomic mass is 10.1. The zero-order valence-corrected chi connectivity index (χ0v) is 16.0. The third-order valence-corrected chi connectivity index (χ3v) is 4.32. The molecule has 0 radical (unpaired) electrons. The molecule has 0 saturated heterocycles. The van der Waals surface area contributed by atoms with Gasteiger partial charge in [-0.25, -0.2) is 9.37 Å². The van der Waals surface area contributed by atoms with E-state index in [0.29, 0.717) is 18.9 Å². The number of benzene rings is 2. The standard InChI is InChI=1S/C22H25FN4O/c1-24-22(25-14-5-8-17-6-3-2-4-7-17)26-15-13-20-16-28-21(27-20)18-9-11-19(23)12-10-18/h2-4,6-7,9-12,16H,5,8,13-15H2,1H3,(H2,24,25,26). The molecule has 2 N–H and O–H groups in total. The van der Waals surface area contributed by atoms with Gasteiger partial charge < -0.3 is 15.1 Å². The smallest absolute Gasteiger partial charge is 0.226 e. The van der Waals surface area contributed by atoms with Gasteiger partial charge in [0.2, 0.25) is 5.89 Å². The summed E-state index contributed by atoms with van der Waals surface area (Å²) in [5.74, 6) is 0.996. The molecule has 0 bridgehead atoms. The van der Waals surface area contributed by atoms with Crippen molar-refractivity contribution in [2.24, 2.45) is 4.99 Å². The van der Waals surface area contributed by atoms with Crippen molar-refractivity contribution in [3.63, 3.8) is 0 Å². The highest BCUT2D eigenvalue weighted by Crippen LogP contribution is 2.18.